The summed E-state index contributed by atoms with van der Waals surface area (Å²) in [7, 11) is 0. The van der Waals surface area contributed by atoms with Crippen LogP contribution in [0.25, 0.3) is 60.1 Å². The Balaban J connectivity index is 1.18. The molecule has 0 bridgehead atoms. The Morgan fingerprint density at radius 2 is 1.22 bits per heavy atom. The van der Waals surface area contributed by atoms with Crippen LogP contribution in [0.15, 0.2) is 157 Å². The van der Waals surface area contributed by atoms with E-state index in [2.05, 4.69) is 144 Å². The molecule has 0 saturated carbocycles. The highest BCUT2D eigenvalue weighted by Gasteiger charge is 2.18. The van der Waals surface area contributed by atoms with Crippen LogP contribution in [-0.4, -0.2) is 16.4 Å². The molecule has 218 valence electrons. The fraction of sp³-hybridized carbons (Fsp3) is 0.0238. The smallest absolute Gasteiger partial charge is 0.224 e. The fourth-order valence-corrected chi connectivity index (χ4v) is 6.43. The van der Waals surface area contributed by atoms with Crippen molar-refractivity contribution in [3.8, 4) is 22.3 Å². The van der Waals surface area contributed by atoms with E-state index >= 15 is 0 Å². The molecule has 3 N–H and O–H groups in total. The van der Waals surface area contributed by atoms with Crippen LogP contribution in [0.3, 0.4) is 0 Å². The van der Waals surface area contributed by atoms with Gasteiger partial charge in [0.2, 0.25) is 5.71 Å². The van der Waals surface area contributed by atoms with Crippen LogP contribution in [0.4, 0.5) is 5.69 Å². The average molecular weight is 592 g/mol. The van der Waals surface area contributed by atoms with E-state index in [1.165, 1.54) is 49.0 Å². The summed E-state index contributed by atoms with van der Waals surface area (Å²) in [6.45, 7) is 2.06. The summed E-state index contributed by atoms with van der Waals surface area (Å²) in [5.74, 6) is 0. The number of aromatic nitrogens is 1. The zero-order valence-corrected chi connectivity index (χ0v) is 25.4. The molecule has 0 saturated heterocycles. The van der Waals surface area contributed by atoms with Crippen molar-refractivity contribution >= 4 is 55.0 Å². The van der Waals surface area contributed by atoms with E-state index in [4.69, 9.17) is 5.41 Å². The molecule has 6 aromatic carbocycles. The van der Waals surface area contributed by atoms with Gasteiger partial charge in [-0.05, 0) is 110 Å². The monoisotopic (exact) mass is 591 g/mol. The van der Waals surface area contributed by atoms with E-state index in [9.17, 15) is 0 Å². The maximum absolute atomic E-state index is 6.29. The number of nitrogens with one attached hydrogen (secondary N) is 1. The maximum atomic E-state index is 6.29. The van der Waals surface area contributed by atoms with Crippen molar-refractivity contribution in [1.29, 1.82) is 0 Å². The number of allylic oxidation sites excluding steroid dienone is 4. The van der Waals surface area contributed by atoms with Gasteiger partial charge in [-0.1, -0.05) is 97.1 Å². The SMILES string of the molecule is Cc1ccnc(C2=C/C(=N/Nc3ccc(-c4c5ccccc5c(-c5ccc6ccccc6c5)c5ccccc45)cc3)C(=[NH2+])C=C2)c1. The second-order valence-corrected chi connectivity index (χ2v) is 11.7. The molecule has 1 aliphatic rings. The number of nitrogens with two attached hydrogens (primary N) is 1. The van der Waals surface area contributed by atoms with E-state index in [1.54, 1.807) is 0 Å². The van der Waals surface area contributed by atoms with Gasteiger partial charge in [0.25, 0.3) is 0 Å². The van der Waals surface area contributed by atoms with E-state index in [0.717, 1.165) is 28.1 Å². The number of benzene rings is 6. The van der Waals surface area contributed by atoms with Gasteiger partial charge in [0.1, 0.15) is 0 Å². The molecule has 0 fully saturated rings. The Morgan fingerprint density at radius 3 is 1.89 bits per heavy atom. The van der Waals surface area contributed by atoms with Crippen molar-refractivity contribution in [1.82, 2.24) is 4.98 Å². The topological polar surface area (TPSA) is 62.9 Å². The van der Waals surface area contributed by atoms with Crippen LogP contribution in [0, 0.1) is 6.92 Å². The number of anilines is 1. The van der Waals surface area contributed by atoms with Gasteiger partial charge in [-0.3, -0.25) is 15.8 Å². The molecule has 0 amide bonds. The lowest BCUT2D eigenvalue weighted by atomic mass is 9.85. The van der Waals surface area contributed by atoms with Gasteiger partial charge in [0, 0.05) is 17.8 Å². The van der Waals surface area contributed by atoms with Gasteiger partial charge in [0.15, 0.2) is 5.71 Å². The first-order chi connectivity index (χ1) is 22.6. The molecule has 0 spiro atoms. The van der Waals surface area contributed by atoms with Crippen LogP contribution >= 0.6 is 0 Å². The molecule has 0 aliphatic heterocycles. The Labute approximate surface area is 267 Å². The first-order valence-corrected chi connectivity index (χ1v) is 15.4. The van der Waals surface area contributed by atoms with Crippen molar-refractivity contribution in [2.24, 2.45) is 5.10 Å². The summed E-state index contributed by atoms with van der Waals surface area (Å²) in [6, 6.07) is 45.3. The summed E-state index contributed by atoms with van der Waals surface area (Å²) in [5.41, 5.74) is 13.2. The highest BCUT2D eigenvalue weighted by Crippen LogP contribution is 2.44. The van der Waals surface area contributed by atoms with E-state index < -0.39 is 0 Å². The van der Waals surface area contributed by atoms with Crippen LogP contribution in [0.2, 0.25) is 0 Å². The molecule has 7 aromatic rings. The number of hydrogen-bond donors (Lipinski definition) is 2. The van der Waals surface area contributed by atoms with Crippen molar-refractivity contribution < 1.29 is 5.41 Å². The van der Waals surface area contributed by atoms with Crippen LogP contribution < -0.4 is 10.8 Å². The number of fused-ring (bicyclic) bond motifs is 3. The Hall–Kier alpha value is -6.13. The molecule has 1 aromatic heterocycles. The second-order valence-electron chi connectivity index (χ2n) is 11.7. The number of nitrogens with zero attached hydrogens (tertiary/aromatic N) is 2. The summed E-state index contributed by atoms with van der Waals surface area (Å²) in [6.07, 6.45) is 7.64. The highest BCUT2D eigenvalue weighted by atomic mass is 15.3. The van der Waals surface area contributed by atoms with E-state index in [0.29, 0.717) is 11.4 Å². The molecule has 8 rings (SSSR count). The number of hydrazone groups is 1. The van der Waals surface area contributed by atoms with Gasteiger partial charge < -0.3 is 0 Å². The van der Waals surface area contributed by atoms with Crippen LogP contribution in [0.1, 0.15) is 11.3 Å². The van der Waals surface area contributed by atoms with Gasteiger partial charge in [-0.25, -0.2) is 0 Å². The standard InChI is InChI=1S/C42H30N4/c1-27-22-23-44-39(24-27)31-18-21-38(43)40(26-31)46-45-33-19-16-29(17-20-33)41-34-10-4-6-12-36(34)42(37-13-7-5-11-35(37)41)32-15-14-28-8-2-3-9-30(28)25-32/h2-26,43,45H,1H3/p+1/b43-38?,46-40-. The Bertz CT molecular complexity index is 2360. The first-order valence-electron chi connectivity index (χ1n) is 15.4. The minimum atomic E-state index is 0.602. The van der Waals surface area contributed by atoms with Crippen LogP contribution in [-0.2, 0) is 0 Å². The van der Waals surface area contributed by atoms with Gasteiger partial charge in [-0.15, -0.1) is 0 Å². The first kappa shape index (κ1) is 27.4. The van der Waals surface area contributed by atoms with Gasteiger partial charge >= 0.3 is 0 Å². The zero-order valence-electron chi connectivity index (χ0n) is 25.4. The molecule has 46 heavy (non-hydrogen) atoms. The fourth-order valence-electron chi connectivity index (χ4n) is 6.43. The minimum Gasteiger partial charge on any atom is -0.278 e. The number of pyridine rings is 1. The van der Waals surface area contributed by atoms with Gasteiger partial charge in [-0.2, -0.15) is 5.10 Å². The molecular formula is C42H31N4+. The Morgan fingerprint density at radius 1 is 0.609 bits per heavy atom. The summed E-state index contributed by atoms with van der Waals surface area (Å²) in [4.78, 5) is 4.51. The summed E-state index contributed by atoms with van der Waals surface area (Å²) < 4.78 is 0. The highest BCUT2D eigenvalue weighted by molar-refractivity contribution is 6.50. The molecule has 0 radical (unpaired) electrons. The van der Waals surface area contributed by atoms with E-state index in [-0.39, 0.29) is 0 Å². The largest absolute Gasteiger partial charge is 0.278 e. The molecule has 0 atom stereocenters. The summed E-state index contributed by atoms with van der Waals surface area (Å²) >= 11 is 0. The average Bonchev–Trinajstić information content (AvgIpc) is 3.10. The lowest BCUT2D eigenvalue weighted by Crippen LogP contribution is -2.44. The molecule has 4 nitrogen and oxygen atoms in total. The molecule has 4 heteroatoms. The molecule has 1 aliphatic carbocycles. The van der Waals surface area contributed by atoms with E-state index in [1.807, 2.05) is 30.5 Å². The van der Waals surface area contributed by atoms with Crippen molar-refractivity contribution in [3.63, 3.8) is 0 Å². The predicted octanol–water partition coefficient (Wildman–Crippen LogP) is 8.81. The number of aryl methyl sites for hydroxylation is 1. The predicted molar refractivity (Wildman–Crippen MR) is 194 cm³/mol. The Kier molecular flexibility index (Phi) is 6.81. The molecular weight excluding hydrogens is 560 g/mol. The van der Waals surface area contributed by atoms with Crippen molar-refractivity contribution in [3.05, 3.63) is 163 Å². The third-order valence-corrected chi connectivity index (χ3v) is 8.69. The minimum absolute atomic E-state index is 0.602. The normalized spacial score (nSPS) is 13.9. The van der Waals surface area contributed by atoms with Crippen molar-refractivity contribution in [2.75, 3.05) is 5.43 Å². The second kappa shape index (κ2) is 11.4. The number of hydrogen-bond acceptors (Lipinski definition) is 3. The zero-order chi connectivity index (χ0) is 31.0. The third-order valence-electron chi connectivity index (χ3n) is 8.69. The quantitative estimate of drug-likeness (QED) is 0.119. The number of rotatable bonds is 5. The third kappa shape index (κ3) is 4.96. The maximum Gasteiger partial charge on any atom is 0.224 e. The lowest BCUT2D eigenvalue weighted by molar-refractivity contribution is -0.108. The summed E-state index contributed by atoms with van der Waals surface area (Å²) in [5, 5.41) is 18.4. The van der Waals surface area contributed by atoms with Gasteiger partial charge in [0.05, 0.1) is 11.4 Å². The van der Waals surface area contributed by atoms with Crippen LogP contribution in [0.5, 0.6) is 0 Å². The molecule has 1 heterocycles. The van der Waals surface area contributed by atoms with Crippen molar-refractivity contribution in [2.45, 2.75) is 6.92 Å². The molecule has 0 unspecified atom stereocenters. The lowest BCUT2D eigenvalue weighted by Gasteiger charge is -2.18.